The van der Waals surface area contributed by atoms with Crippen LogP contribution in [0.1, 0.15) is 87.1 Å². The van der Waals surface area contributed by atoms with Crippen LogP contribution in [0.5, 0.6) is 5.75 Å². The molecule has 3 aromatic rings. The molecule has 0 aliphatic heterocycles. The maximum atomic E-state index is 14.6. The number of hydrogen-bond acceptors (Lipinski definition) is 4. The maximum absolute atomic E-state index is 14.6. The van der Waals surface area contributed by atoms with Crippen LogP contribution >= 0.6 is 11.6 Å². The quantitative estimate of drug-likeness (QED) is 0.276. The third-order valence-corrected chi connectivity index (χ3v) is 10.5. The molecule has 222 valence electrons. The van der Waals surface area contributed by atoms with Gasteiger partial charge < -0.3 is 15.2 Å². The van der Waals surface area contributed by atoms with E-state index in [0.717, 1.165) is 37.0 Å². The Morgan fingerprint density at radius 3 is 2.76 bits per heavy atom. The highest BCUT2D eigenvalue weighted by Gasteiger charge is 2.54. The van der Waals surface area contributed by atoms with Gasteiger partial charge in [-0.3, -0.25) is 4.98 Å². The van der Waals surface area contributed by atoms with Crippen LogP contribution < -0.4 is 10.1 Å². The van der Waals surface area contributed by atoms with E-state index in [4.69, 9.17) is 16.3 Å². The first kappa shape index (κ1) is 29.0. The standard InChI is InChI=1S/C35H40ClFN2O3/c1-22(21-42-31-11-16-38-30-8-3-5-23(2)32(30)31)17-25-18-24-9-10-27(37)20-29(24)34(25)12-14-35(15-13-34,33(40)41)39-28-7-4-6-26(36)19-28/h4,6-7,9-11,16,19-20,22-23,25,39H,3,5,8,12-15,17-18,21H2,1-2H3,(H,40,41)/t22-,23-,25+,34?,35?/m1/s1. The molecule has 0 unspecified atom stereocenters. The Morgan fingerprint density at radius 1 is 1.19 bits per heavy atom. The fourth-order valence-electron chi connectivity index (χ4n) is 8.07. The minimum atomic E-state index is -1.09. The summed E-state index contributed by atoms with van der Waals surface area (Å²) in [4.78, 5) is 17.3. The summed E-state index contributed by atoms with van der Waals surface area (Å²) in [5, 5.41) is 14.3. The highest BCUT2D eigenvalue weighted by molar-refractivity contribution is 6.30. The van der Waals surface area contributed by atoms with E-state index in [-0.39, 0.29) is 23.1 Å². The molecule has 0 amide bonds. The van der Waals surface area contributed by atoms with Crippen molar-refractivity contribution in [2.24, 2.45) is 11.8 Å². The number of halogens is 2. The first-order valence-corrected chi connectivity index (χ1v) is 15.7. The molecular weight excluding hydrogens is 551 g/mol. The number of hydrogen-bond donors (Lipinski definition) is 2. The molecule has 1 fully saturated rings. The zero-order chi connectivity index (χ0) is 29.5. The summed E-state index contributed by atoms with van der Waals surface area (Å²) in [7, 11) is 0. The number of pyridine rings is 1. The molecule has 1 aromatic heterocycles. The van der Waals surface area contributed by atoms with Gasteiger partial charge in [-0.2, -0.15) is 0 Å². The third kappa shape index (κ3) is 5.39. The molecule has 1 heterocycles. The van der Waals surface area contributed by atoms with E-state index in [0.29, 0.717) is 48.9 Å². The van der Waals surface area contributed by atoms with Crippen LogP contribution in [-0.2, 0) is 23.1 Å². The Bertz CT molecular complexity index is 1470. The van der Waals surface area contributed by atoms with E-state index in [1.54, 1.807) is 24.3 Å². The number of aromatic nitrogens is 1. The van der Waals surface area contributed by atoms with Crippen LogP contribution in [0, 0.1) is 17.7 Å². The van der Waals surface area contributed by atoms with Crippen molar-refractivity contribution in [1.82, 2.24) is 4.98 Å². The fourth-order valence-corrected chi connectivity index (χ4v) is 8.26. The Morgan fingerprint density at radius 2 is 2.00 bits per heavy atom. The zero-order valence-corrected chi connectivity index (χ0v) is 25.2. The monoisotopic (exact) mass is 590 g/mol. The van der Waals surface area contributed by atoms with Gasteiger partial charge in [0.1, 0.15) is 17.1 Å². The largest absolute Gasteiger partial charge is 0.493 e. The van der Waals surface area contributed by atoms with Crippen molar-refractivity contribution in [2.75, 3.05) is 11.9 Å². The van der Waals surface area contributed by atoms with Crippen molar-refractivity contribution in [1.29, 1.82) is 0 Å². The summed E-state index contributed by atoms with van der Waals surface area (Å²) < 4.78 is 21.1. The van der Waals surface area contributed by atoms with E-state index in [1.165, 1.54) is 23.2 Å². The molecule has 3 atom stereocenters. The second kappa shape index (κ2) is 11.5. The normalized spacial score (nSPS) is 27.2. The van der Waals surface area contributed by atoms with Gasteiger partial charge in [-0.15, -0.1) is 0 Å². The van der Waals surface area contributed by atoms with E-state index in [1.807, 2.05) is 30.5 Å². The second-order valence-corrected chi connectivity index (χ2v) is 13.4. The Labute approximate surface area is 252 Å². The molecule has 3 aliphatic rings. The lowest BCUT2D eigenvalue weighted by molar-refractivity contribution is -0.144. The van der Waals surface area contributed by atoms with Crippen LogP contribution in [0.15, 0.2) is 54.7 Å². The molecule has 0 radical (unpaired) electrons. The summed E-state index contributed by atoms with van der Waals surface area (Å²) >= 11 is 6.20. The van der Waals surface area contributed by atoms with Gasteiger partial charge in [-0.05, 0) is 128 Å². The van der Waals surface area contributed by atoms with Crippen LogP contribution in [0.4, 0.5) is 10.1 Å². The molecule has 7 heteroatoms. The third-order valence-electron chi connectivity index (χ3n) is 10.3. The molecule has 5 nitrogen and oxygen atoms in total. The van der Waals surface area contributed by atoms with Gasteiger partial charge >= 0.3 is 5.97 Å². The van der Waals surface area contributed by atoms with Crippen molar-refractivity contribution in [2.45, 2.75) is 88.5 Å². The lowest BCUT2D eigenvalue weighted by Gasteiger charge is -2.47. The van der Waals surface area contributed by atoms with Gasteiger partial charge in [0.2, 0.25) is 0 Å². The van der Waals surface area contributed by atoms with Crippen LogP contribution in [0.2, 0.25) is 5.02 Å². The number of carboxylic acids is 1. The predicted octanol–water partition coefficient (Wildman–Crippen LogP) is 8.34. The molecule has 2 N–H and O–H groups in total. The molecule has 6 rings (SSSR count). The summed E-state index contributed by atoms with van der Waals surface area (Å²) in [5.74, 6) is 0.895. The smallest absolute Gasteiger partial charge is 0.329 e. The van der Waals surface area contributed by atoms with Gasteiger partial charge in [0, 0.05) is 28.2 Å². The molecule has 42 heavy (non-hydrogen) atoms. The predicted molar refractivity (Wildman–Crippen MR) is 164 cm³/mol. The maximum Gasteiger partial charge on any atom is 0.329 e. The van der Waals surface area contributed by atoms with Crippen LogP contribution in [-0.4, -0.2) is 28.2 Å². The minimum Gasteiger partial charge on any atom is -0.493 e. The lowest BCUT2D eigenvalue weighted by Crippen LogP contribution is -2.53. The van der Waals surface area contributed by atoms with E-state index >= 15 is 0 Å². The minimum absolute atomic E-state index is 0.228. The fraction of sp³-hybridized carbons (Fsp3) is 0.486. The first-order chi connectivity index (χ1) is 20.2. The number of rotatable bonds is 8. The van der Waals surface area contributed by atoms with Crippen molar-refractivity contribution >= 4 is 23.3 Å². The molecular formula is C35H40ClFN2O3. The highest BCUT2D eigenvalue weighted by atomic mass is 35.5. The van der Waals surface area contributed by atoms with Crippen molar-refractivity contribution in [3.8, 4) is 5.75 Å². The lowest BCUT2D eigenvalue weighted by atomic mass is 9.59. The SMILES string of the molecule is C[C@@H](COc1ccnc2c1[C@H](C)CCC2)C[C@H]1Cc2ccc(F)cc2C12CCC(Nc1cccc(Cl)c1)(C(=O)O)CC2. The van der Waals surface area contributed by atoms with Crippen molar-refractivity contribution in [3.05, 3.63) is 88.0 Å². The molecule has 0 bridgehead atoms. The van der Waals surface area contributed by atoms with E-state index < -0.39 is 11.5 Å². The summed E-state index contributed by atoms with van der Waals surface area (Å²) in [6, 6.07) is 14.4. The van der Waals surface area contributed by atoms with Crippen molar-refractivity contribution in [3.63, 3.8) is 0 Å². The second-order valence-electron chi connectivity index (χ2n) is 13.0. The van der Waals surface area contributed by atoms with E-state index in [9.17, 15) is 14.3 Å². The number of benzene rings is 2. The molecule has 1 saturated carbocycles. The van der Waals surface area contributed by atoms with Gasteiger partial charge in [-0.25, -0.2) is 9.18 Å². The number of carboxylic acid groups (broad SMARTS) is 1. The summed E-state index contributed by atoms with van der Waals surface area (Å²) in [6.07, 6.45) is 9.27. The molecule has 0 saturated heterocycles. The Balaban J connectivity index is 1.21. The number of carbonyl (C=O) groups is 1. The average Bonchev–Trinajstić information content (AvgIpc) is 3.24. The first-order valence-electron chi connectivity index (χ1n) is 15.4. The number of aryl methyl sites for hydroxylation is 1. The Hall–Kier alpha value is -3.12. The number of aliphatic carboxylic acids is 1. The van der Waals surface area contributed by atoms with Gasteiger partial charge in [0.05, 0.1) is 6.61 Å². The van der Waals surface area contributed by atoms with E-state index in [2.05, 4.69) is 24.1 Å². The molecule has 2 aromatic carbocycles. The Kier molecular flexibility index (Phi) is 7.95. The van der Waals surface area contributed by atoms with Crippen molar-refractivity contribution < 1.29 is 19.0 Å². The number of anilines is 1. The highest BCUT2D eigenvalue weighted by Crippen LogP contribution is 2.56. The number of nitrogens with zero attached hydrogens (tertiary/aromatic N) is 1. The zero-order valence-electron chi connectivity index (χ0n) is 24.5. The number of nitrogens with one attached hydrogen (secondary N) is 1. The average molecular weight is 591 g/mol. The molecule has 3 aliphatic carbocycles. The summed E-state index contributed by atoms with van der Waals surface area (Å²) in [5.41, 5.74) is 4.04. The summed E-state index contributed by atoms with van der Waals surface area (Å²) in [6.45, 7) is 5.10. The topological polar surface area (TPSA) is 71.5 Å². The van der Waals surface area contributed by atoms with Gasteiger partial charge in [0.25, 0.3) is 0 Å². The van der Waals surface area contributed by atoms with Crippen LogP contribution in [0.25, 0.3) is 0 Å². The number of ether oxygens (including phenoxy) is 1. The van der Waals surface area contributed by atoms with Gasteiger partial charge in [-0.1, -0.05) is 37.6 Å². The van der Waals surface area contributed by atoms with Gasteiger partial charge in [0.15, 0.2) is 0 Å². The van der Waals surface area contributed by atoms with Crippen LogP contribution in [0.3, 0.4) is 0 Å². The molecule has 1 spiro atoms. The number of fused-ring (bicyclic) bond motifs is 3.